The van der Waals surface area contributed by atoms with E-state index in [1.54, 1.807) is 6.20 Å². The number of hydrogen-bond acceptors (Lipinski definition) is 3. The maximum atomic E-state index is 10.2. The minimum Gasteiger partial charge on any atom is -0.386 e. The lowest BCUT2D eigenvalue weighted by molar-refractivity contribution is -0.00266. The van der Waals surface area contributed by atoms with Crippen LogP contribution in [-0.4, -0.2) is 22.8 Å². The number of aliphatic hydroxyl groups is 1. The molecule has 2 heterocycles. The smallest absolute Gasteiger partial charge is 0.107 e. The lowest BCUT2D eigenvalue weighted by atomic mass is 10.0. The molecule has 3 heteroatoms. The van der Waals surface area contributed by atoms with Crippen LogP contribution in [0.1, 0.15) is 24.5 Å². The highest BCUT2D eigenvalue weighted by Crippen LogP contribution is 2.27. The molecular formula is C14H15NO2. The third kappa shape index (κ3) is 2.04. The maximum Gasteiger partial charge on any atom is 0.107 e. The van der Waals surface area contributed by atoms with Crippen LogP contribution >= 0.6 is 0 Å². The zero-order valence-corrected chi connectivity index (χ0v) is 9.54. The number of aliphatic hydroxyl groups excluding tert-OH is 1. The highest BCUT2D eigenvalue weighted by Gasteiger charge is 2.25. The summed E-state index contributed by atoms with van der Waals surface area (Å²) in [6.45, 7) is 0.753. The summed E-state index contributed by atoms with van der Waals surface area (Å²) in [6, 6.07) is 9.91. The van der Waals surface area contributed by atoms with Crippen molar-refractivity contribution in [2.45, 2.75) is 25.0 Å². The Morgan fingerprint density at radius 2 is 2.24 bits per heavy atom. The number of para-hydroxylation sites is 1. The van der Waals surface area contributed by atoms with E-state index in [0.29, 0.717) is 0 Å². The van der Waals surface area contributed by atoms with Crippen LogP contribution in [0.3, 0.4) is 0 Å². The van der Waals surface area contributed by atoms with Gasteiger partial charge in [0.15, 0.2) is 0 Å². The topological polar surface area (TPSA) is 42.4 Å². The zero-order chi connectivity index (χ0) is 11.7. The molecule has 0 amide bonds. The van der Waals surface area contributed by atoms with Crippen molar-refractivity contribution in [1.29, 1.82) is 0 Å². The first-order valence-corrected chi connectivity index (χ1v) is 5.99. The van der Waals surface area contributed by atoms with Gasteiger partial charge in [-0.15, -0.1) is 0 Å². The summed E-state index contributed by atoms with van der Waals surface area (Å²) in [6.07, 6.45) is 3.07. The molecule has 1 aliphatic heterocycles. The van der Waals surface area contributed by atoms with Gasteiger partial charge in [-0.2, -0.15) is 0 Å². The van der Waals surface area contributed by atoms with E-state index in [1.807, 2.05) is 30.3 Å². The van der Waals surface area contributed by atoms with E-state index >= 15 is 0 Å². The molecule has 0 radical (unpaired) electrons. The van der Waals surface area contributed by atoms with Crippen molar-refractivity contribution in [2.24, 2.45) is 0 Å². The van der Waals surface area contributed by atoms with Crippen LogP contribution in [0, 0.1) is 0 Å². The number of hydrogen-bond donors (Lipinski definition) is 1. The predicted molar refractivity (Wildman–Crippen MR) is 65.7 cm³/mol. The van der Waals surface area contributed by atoms with Gasteiger partial charge in [0, 0.05) is 23.8 Å². The van der Waals surface area contributed by atoms with Gasteiger partial charge in [-0.3, -0.25) is 4.98 Å². The number of rotatable bonds is 2. The van der Waals surface area contributed by atoms with Crippen LogP contribution in [0.25, 0.3) is 10.9 Å². The monoisotopic (exact) mass is 229 g/mol. The Labute approximate surface area is 100 Å². The lowest BCUT2D eigenvalue weighted by Gasteiger charge is -2.17. The molecule has 3 nitrogen and oxygen atoms in total. The molecule has 17 heavy (non-hydrogen) atoms. The number of fused-ring (bicyclic) bond motifs is 1. The Bertz CT molecular complexity index is 520. The quantitative estimate of drug-likeness (QED) is 0.860. The summed E-state index contributed by atoms with van der Waals surface area (Å²) in [4.78, 5) is 4.36. The zero-order valence-electron chi connectivity index (χ0n) is 9.54. The van der Waals surface area contributed by atoms with Crippen molar-refractivity contribution in [1.82, 2.24) is 4.98 Å². The second kappa shape index (κ2) is 4.43. The maximum absolute atomic E-state index is 10.2. The number of nitrogens with zero attached hydrogens (tertiary/aromatic N) is 1. The molecule has 1 aromatic carbocycles. The first-order chi connectivity index (χ1) is 8.34. The summed E-state index contributed by atoms with van der Waals surface area (Å²) in [5.41, 5.74) is 1.80. The summed E-state index contributed by atoms with van der Waals surface area (Å²) in [5.74, 6) is 0. The Morgan fingerprint density at radius 1 is 1.35 bits per heavy atom. The molecular weight excluding hydrogens is 214 g/mol. The van der Waals surface area contributed by atoms with Crippen molar-refractivity contribution >= 4 is 10.9 Å². The molecule has 2 atom stereocenters. The van der Waals surface area contributed by atoms with E-state index in [4.69, 9.17) is 4.74 Å². The van der Waals surface area contributed by atoms with Gasteiger partial charge in [0.05, 0.1) is 11.6 Å². The molecule has 1 N–H and O–H groups in total. The Morgan fingerprint density at radius 3 is 3.06 bits per heavy atom. The number of aromatic nitrogens is 1. The normalized spacial score (nSPS) is 21.8. The first-order valence-electron chi connectivity index (χ1n) is 5.99. The Hall–Kier alpha value is -1.45. The molecule has 0 bridgehead atoms. The van der Waals surface area contributed by atoms with E-state index < -0.39 is 6.10 Å². The molecule has 0 saturated carbocycles. The molecule has 2 aromatic rings. The number of ether oxygens (including phenoxy) is 1. The first kappa shape index (κ1) is 10.7. The lowest BCUT2D eigenvalue weighted by Crippen LogP contribution is -2.17. The minimum atomic E-state index is -0.561. The summed E-state index contributed by atoms with van der Waals surface area (Å²) < 4.78 is 5.50. The van der Waals surface area contributed by atoms with Crippen LogP contribution in [0.15, 0.2) is 36.5 Å². The van der Waals surface area contributed by atoms with Crippen molar-refractivity contribution in [3.63, 3.8) is 0 Å². The second-order valence-corrected chi connectivity index (χ2v) is 4.46. The van der Waals surface area contributed by atoms with Gasteiger partial charge in [-0.25, -0.2) is 0 Å². The fourth-order valence-corrected chi connectivity index (χ4v) is 2.32. The van der Waals surface area contributed by atoms with Crippen LogP contribution in [0.2, 0.25) is 0 Å². The number of pyridine rings is 1. The van der Waals surface area contributed by atoms with Crippen LogP contribution in [0.5, 0.6) is 0 Å². The largest absolute Gasteiger partial charge is 0.386 e. The number of benzene rings is 1. The summed E-state index contributed by atoms with van der Waals surface area (Å²) in [5, 5.41) is 11.3. The van der Waals surface area contributed by atoms with Gasteiger partial charge in [0.2, 0.25) is 0 Å². The molecule has 3 rings (SSSR count). The van der Waals surface area contributed by atoms with Crippen molar-refractivity contribution in [3.05, 3.63) is 42.1 Å². The predicted octanol–water partition coefficient (Wildman–Crippen LogP) is 2.45. The minimum absolute atomic E-state index is 0.0713. The molecule has 2 unspecified atom stereocenters. The van der Waals surface area contributed by atoms with Gasteiger partial charge < -0.3 is 9.84 Å². The molecule has 1 aromatic heterocycles. The average Bonchev–Trinajstić information content (AvgIpc) is 2.91. The molecule has 1 fully saturated rings. The van der Waals surface area contributed by atoms with E-state index in [2.05, 4.69) is 4.98 Å². The van der Waals surface area contributed by atoms with Crippen molar-refractivity contribution < 1.29 is 9.84 Å². The third-order valence-electron chi connectivity index (χ3n) is 3.27. The van der Waals surface area contributed by atoms with Crippen molar-refractivity contribution in [2.75, 3.05) is 6.61 Å². The van der Waals surface area contributed by atoms with Gasteiger partial charge in [0.25, 0.3) is 0 Å². The fourth-order valence-electron chi connectivity index (χ4n) is 2.32. The Kier molecular flexibility index (Phi) is 2.79. The Balaban J connectivity index is 1.94. The third-order valence-corrected chi connectivity index (χ3v) is 3.27. The molecule has 0 spiro atoms. The summed E-state index contributed by atoms with van der Waals surface area (Å²) in [7, 11) is 0. The molecule has 88 valence electrons. The van der Waals surface area contributed by atoms with E-state index in [0.717, 1.165) is 35.9 Å². The highest BCUT2D eigenvalue weighted by atomic mass is 16.5. The molecule has 1 saturated heterocycles. The van der Waals surface area contributed by atoms with E-state index in [1.165, 1.54) is 0 Å². The average molecular weight is 229 g/mol. The van der Waals surface area contributed by atoms with Crippen LogP contribution in [-0.2, 0) is 4.74 Å². The van der Waals surface area contributed by atoms with E-state index in [-0.39, 0.29) is 6.10 Å². The van der Waals surface area contributed by atoms with E-state index in [9.17, 15) is 5.11 Å². The van der Waals surface area contributed by atoms with Gasteiger partial charge >= 0.3 is 0 Å². The molecule has 1 aliphatic rings. The molecule has 0 aliphatic carbocycles. The van der Waals surface area contributed by atoms with Gasteiger partial charge in [0.1, 0.15) is 6.10 Å². The van der Waals surface area contributed by atoms with Gasteiger partial charge in [-0.1, -0.05) is 18.2 Å². The second-order valence-electron chi connectivity index (χ2n) is 4.46. The van der Waals surface area contributed by atoms with Crippen LogP contribution < -0.4 is 0 Å². The highest BCUT2D eigenvalue weighted by molar-refractivity contribution is 5.78. The van der Waals surface area contributed by atoms with Crippen molar-refractivity contribution in [3.8, 4) is 0 Å². The van der Waals surface area contributed by atoms with Gasteiger partial charge in [-0.05, 0) is 25.0 Å². The standard InChI is InChI=1S/C14H15NO2/c16-14(13-6-3-7-17-13)11-8-10-4-1-2-5-12(10)15-9-11/h1-2,4-5,8-9,13-14,16H,3,6-7H2. The van der Waals surface area contributed by atoms with Crippen LogP contribution in [0.4, 0.5) is 0 Å². The SMILES string of the molecule is OC(c1cnc2ccccc2c1)C1CCCO1. The fraction of sp³-hybridized carbons (Fsp3) is 0.357. The summed E-state index contributed by atoms with van der Waals surface area (Å²) >= 11 is 0.